The number of piperidine rings is 1. The Hall–Kier alpha value is -1.89. The van der Waals surface area contributed by atoms with Crippen LogP contribution in [-0.2, 0) is 11.0 Å². The summed E-state index contributed by atoms with van der Waals surface area (Å²) in [6, 6.07) is 16.8. The van der Waals surface area contributed by atoms with E-state index in [1.807, 2.05) is 28.6 Å². The van der Waals surface area contributed by atoms with Crippen LogP contribution in [0.15, 0.2) is 53.4 Å². The molecule has 2 aromatic carbocycles. The van der Waals surface area contributed by atoms with Crippen molar-refractivity contribution in [2.24, 2.45) is 5.92 Å². The van der Waals surface area contributed by atoms with Crippen molar-refractivity contribution in [3.8, 4) is 5.75 Å². The summed E-state index contributed by atoms with van der Waals surface area (Å²) in [6.07, 6.45) is 4.73. The smallest absolute Gasteiger partial charge is 0.153 e. The monoisotopic (exact) mass is 441 g/mol. The number of nitrogens with zero attached hydrogens (tertiary/aromatic N) is 1. The largest absolute Gasteiger partial charge is 0.497 e. The highest BCUT2D eigenvalue weighted by molar-refractivity contribution is 7.86. The van der Waals surface area contributed by atoms with Gasteiger partial charge in [-0.1, -0.05) is 25.1 Å². The highest BCUT2D eigenvalue weighted by Gasteiger charge is 2.38. The fraction of sp³-hybridized carbons (Fsp3) is 0.520. The number of methoxy groups -OCH3 is 1. The van der Waals surface area contributed by atoms with E-state index >= 15 is 0 Å². The van der Waals surface area contributed by atoms with Crippen LogP contribution in [0.2, 0.25) is 0 Å². The van der Waals surface area contributed by atoms with Gasteiger partial charge >= 0.3 is 0 Å². The van der Waals surface area contributed by atoms with E-state index in [0.717, 1.165) is 54.9 Å². The summed E-state index contributed by atoms with van der Waals surface area (Å²) in [5.74, 6) is 2.16. The first-order valence-electron chi connectivity index (χ1n) is 11.6. The first-order chi connectivity index (χ1) is 15.2. The van der Waals surface area contributed by atoms with Gasteiger partial charge in [0.25, 0.3) is 0 Å². The van der Waals surface area contributed by atoms with E-state index in [2.05, 4.69) is 41.8 Å². The highest BCUT2D eigenvalue weighted by Crippen LogP contribution is 2.41. The SMILES string of the molecule is CCCN(c1ccc(C2CC2NCC2CCNCC2)cc1)S(=O)c1cccc(OC)c1. The molecule has 1 saturated carbocycles. The Kier molecular flexibility index (Phi) is 7.64. The van der Waals surface area contributed by atoms with E-state index in [1.165, 1.54) is 24.8 Å². The second-order valence-electron chi connectivity index (χ2n) is 8.67. The molecule has 2 N–H and O–H groups in total. The summed E-state index contributed by atoms with van der Waals surface area (Å²) in [5.41, 5.74) is 2.39. The number of rotatable bonds is 10. The maximum atomic E-state index is 13.3. The van der Waals surface area contributed by atoms with E-state index in [0.29, 0.717) is 12.0 Å². The second kappa shape index (κ2) is 10.6. The zero-order chi connectivity index (χ0) is 21.6. The Balaban J connectivity index is 1.38. The minimum Gasteiger partial charge on any atom is -0.497 e. The lowest BCUT2D eigenvalue weighted by molar-refractivity contribution is 0.355. The summed E-state index contributed by atoms with van der Waals surface area (Å²) in [5, 5.41) is 7.22. The molecule has 2 fully saturated rings. The lowest BCUT2D eigenvalue weighted by Gasteiger charge is -2.23. The van der Waals surface area contributed by atoms with Gasteiger partial charge in [0.05, 0.1) is 12.0 Å². The van der Waals surface area contributed by atoms with Crippen LogP contribution < -0.4 is 19.7 Å². The maximum Gasteiger partial charge on any atom is 0.153 e. The van der Waals surface area contributed by atoms with Crippen molar-refractivity contribution in [3.63, 3.8) is 0 Å². The normalized spacial score (nSPS) is 22.1. The summed E-state index contributed by atoms with van der Waals surface area (Å²) in [7, 11) is 0.373. The van der Waals surface area contributed by atoms with Gasteiger partial charge in [0, 0.05) is 24.2 Å². The van der Waals surface area contributed by atoms with Crippen LogP contribution in [0.4, 0.5) is 5.69 Å². The molecular weight excluding hydrogens is 406 g/mol. The summed E-state index contributed by atoms with van der Waals surface area (Å²) >= 11 is 0. The Labute approximate surface area is 189 Å². The molecule has 1 aliphatic carbocycles. The number of hydrogen-bond acceptors (Lipinski definition) is 4. The van der Waals surface area contributed by atoms with Crippen molar-refractivity contribution in [2.45, 2.75) is 49.5 Å². The second-order valence-corrected chi connectivity index (χ2v) is 10.1. The molecule has 6 heteroatoms. The number of nitrogens with one attached hydrogen (secondary N) is 2. The van der Waals surface area contributed by atoms with Crippen LogP contribution in [0, 0.1) is 5.92 Å². The van der Waals surface area contributed by atoms with E-state index in [1.54, 1.807) is 7.11 Å². The number of anilines is 1. The quantitative estimate of drug-likeness (QED) is 0.583. The van der Waals surface area contributed by atoms with E-state index < -0.39 is 11.0 Å². The van der Waals surface area contributed by atoms with Crippen molar-refractivity contribution in [1.82, 2.24) is 10.6 Å². The molecule has 3 unspecified atom stereocenters. The van der Waals surface area contributed by atoms with Gasteiger partial charge in [-0.2, -0.15) is 0 Å². The lowest BCUT2D eigenvalue weighted by atomic mass is 9.98. The molecule has 0 aromatic heterocycles. The molecular formula is C25H35N3O2S. The Morgan fingerprint density at radius 1 is 1.16 bits per heavy atom. The molecule has 2 aromatic rings. The van der Waals surface area contributed by atoms with Crippen LogP contribution >= 0.6 is 0 Å². The van der Waals surface area contributed by atoms with Crippen LogP contribution in [0.1, 0.15) is 44.1 Å². The van der Waals surface area contributed by atoms with Gasteiger partial charge in [0.15, 0.2) is 11.0 Å². The van der Waals surface area contributed by atoms with E-state index in [4.69, 9.17) is 4.74 Å². The molecule has 3 atom stereocenters. The number of benzene rings is 2. The van der Waals surface area contributed by atoms with Gasteiger partial charge in [-0.25, -0.2) is 4.21 Å². The fourth-order valence-electron chi connectivity index (χ4n) is 4.43. The molecule has 168 valence electrons. The first-order valence-corrected chi connectivity index (χ1v) is 12.7. The van der Waals surface area contributed by atoms with Crippen LogP contribution in [0.5, 0.6) is 5.75 Å². The average Bonchev–Trinajstić information content (AvgIpc) is 3.61. The molecule has 0 bridgehead atoms. The molecule has 1 saturated heterocycles. The predicted octanol–water partition coefficient (Wildman–Crippen LogP) is 4.08. The van der Waals surface area contributed by atoms with E-state index in [9.17, 15) is 4.21 Å². The minimum atomic E-state index is -1.26. The van der Waals surface area contributed by atoms with E-state index in [-0.39, 0.29) is 0 Å². The van der Waals surface area contributed by atoms with Gasteiger partial charge in [-0.05, 0) is 87.1 Å². The van der Waals surface area contributed by atoms with Crippen LogP contribution in [0.3, 0.4) is 0 Å². The summed E-state index contributed by atoms with van der Waals surface area (Å²) < 4.78 is 20.6. The van der Waals surface area contributed by atoms with Crippen molar-refractivity contribution in [3.05, 3.63) is 54.1 Å². The highest BCUT2D eigenvalue weighted by atomic mass is 32.2. The number of hydrogen-bond donors (Lipinski definition) is 2. The standard InChI is InChI=1S/C25H35N3O2S/c1-3-15-28(31(29)23-6-4-5-22(16-23)30-2)21-9-7-20(8-10-21)24-17-25(24)27-18-19-11-13-26-14-12-19/h4-10,16,19,24-27H,3,11-15,17-18H2,1-2H3. The van der Waals surface area contributed by atoms with Gasteiger partial charge in [0.2, 0.25) is 0 Å². The van der Waals surface area contributed by atoms with Gasteiger partial charge in [-0.3, -0.25) is 4.31 Å². The number of ether oxygens (including phenoxy) is 1. The third kappa shape index (κ3) is 5.68. The first kappa shape index (κ1) is 22.3. The van der Waals surface area contributed by atoms with Crippen molar-refractivity contribution in [1.29, 1.82) is 0 Å². The topological polar surface area (TPSA) is 53.6 Å². The van der Waals surface area contributed by atoms with Crippen LogP contribution in [0.25, 0.3) is 0 Å². The molecule has 0 radical (unpaired) electrons. The molecule has 2 aliphatic rings. The third-order valence-electron chi connectivity index (χ3n) is 6.40. The Bertz CT molecular complexity index is 867. The fourth-order valence-corrected chi connectivity index (χ4v) is 5.76. The van der Waals surface area contributed by atoms with Crippen molar-refractivity contribution < 1.29 is 8.95 Å². The van der Waals surface area contributed by atoms with Crippen molar-refractivity contribution >= 4 is 16.7 Å². The predicted molar refractivity (Wildman–Crippen MR) is 128 cm³/mol. The molecule has 1 heterocycles. The average molecular weight is 442 g/mol. The van der Waals surface area contributed by atoms with Crippen LogP contribution in [-0.4, -0.2) is 43.5 Å². The zero-order valence-electron chi connectivity index (χ0n) is 18.7. The van der Waals surface area contributed by atoms with Crippen molar-refractivity contribution in [2.75, 3.05) is 37.6 Å². The maximum absolute atomic E-state index is 13.3. The molecule has 31 heavy (non-hydrogen) atoms. The van der Waals surface area contributed by atoms with Gasteiger partial charge < -0.3 is 15.4 Å². The third-order valence-corrected chi connectivity index (χ3v) is 7.85. The van der Waals surface area contributed by atoms with Gasteiger partial charge in [0.1, 0.15) is 5.75 Å². The molecule has 0 spiro atoms. The summed E-state index contributed by atoms with van der Waals surface area (Å²) in [6.45, 7) is 6.32. The molecule has 1 aliphatic heterocycles. The zero-order valence-corrected chi connectivity index (χ0v) is 19.5. The molecule has 0 amide bonds. The minimum absolute atomic E-state index is 0.610. The Morgan fingerprint density at radius 3 is 2.65 bits per heavy atom. The molecule has 4 rings (SSSR count). The van der Waals surface area contributed by atoms with Gasteiger partial charge in [-0.15, -0.1) is 0 Å². The summed E-state index contributed by atoms with van der Waals surface area (Å²) in [4.78, 5) is 0.765. The molecule has 5 nitrogen and oxygen atoms in total. The lowest BCUT2D eigenvalue weighted by Crippen LogP contribution is -2.34. The Morgan fingerprint density at radius 2 is 1.94 bits per heavy atom.